The Hall–Kier alpha value is -1.30. The van der Waals surface area contributed by atoms with Gasteiger partial charge in [-0.25, -0.2) is 4.98 Å². The van der Waals surface area contributed by atoms with Crippen LogP contribution in [0.1, 0.15) is 18.3 Å². The van der Waals surface area contributed by atoms with Crippen LogP contribution < -0.4 is 5.32 Å². The molecule has 0 radical (unpaired) electrons. The summed E-state index contributed by atoms with van der Waals surface area (Å²) in [6.07, 6.45) is -4.56. The van der Waals surface area contributed by atoms with Crippen LogP contribution >= 0.6 is 11.6 Å². The lowest BCUT2D eigenvalue weighted by atomic mass is 10.2. The number of alkyl halides is 4. The van der Waals surface area contributed by atoms with Gasteiger partial charge in [0.1, 0.15) is 5.69 Å². The summed E-state index contributed by atoms with van der Waals surface area (Å²) in [6.45, 7) is 1.20. The number of carbonyl (C=O) groups is 1. The standard InChI is InChI=1S/C9H8ClF3N2O/c1-5(16)14-6-2-7(4-10)15-8(3-6)9(11,12)13/h2-3H,4H2,1H3,(H,14,15,16). The molecule has 1 aromatic heterocycles. The number of carbonyl (C=O) groups excluding carboxylic acids is 1. The Morgan fingerprint density at radius 2 is 2.12 bits per heavy atom. The van der Waals surface area contributed by atoms with Crippen LogP contribution in [0, 0.1) is 0 Å². The van der Waals surface area contributed by atoms with Gasteiger partial charge < -0.3 is 5.32 Å². The molecule has 1 amide bonds. The Morgan fingerprint density at radius 1 is 1.50 bits per heavy atom. The largest absolute Gasteiger partial charge is 0.433 e. The minimum absolute atomic E-state index is 0.0328. The predicted octanol–water partition coefficient (Wildman–Crippen LogP) is 2.80. The minimum atomic E-state index is -4.56. The molecular formula is C9H8ClF3N2O. The van der Waals surface area contributed by atoms with Crippen molar-refractivity contribution in [3.05, 3.63) is 23.5 Å². The number of anilines is 1. The monoisotopic (exact) mass is 252 g/mol. The van der Waals surface area contributed by atoms with Gasteiger partial charge in [0.2, 0.25) is 5.91 Å². The zero-order valence-corrected chi connectivity index (χ0v) is 8.99. The summed E-state index contributed by atoms with van der Waals surface area (Å²) in [6, 6.07) is 2.06. The summed E-state index contributed by atoms with van der Waals surface area (Å²) in [7, 11) is 0. The Morgan fingerprint density at radius 3 is 2.56 bits per heavy atom. The molecular weight excluding hydrogens is 245 g/mol. The molecule has 0 aliphatic carbocycles. The minimum Gasteiger partial charge on any atom is -0.326 e. The highest BCUT2D eigenvalue weighted by atomic mass is 35.5. The van der Waals surface area contributed by atoms with E-state index in [1.807, 2.05) is 0 Å². The lowest BCUT2D eigenvalue weighted by molar-refractivity contribution is -0.141. The van der Waals surface area contributed by atoms with E-state index in [9.17, 15) is 18.0 Å². The van der Waals surface area contributed by atoms with Gasteiger partial charge in [-0.2, -0.15) is 13.2 Å². The topological polar surface area (TPSA) is 42.0 Å². The molecule has 88 valence electrons. The maximum atomic E-state index is 12.4. The average molecular weight is 253 g/mol. The lowest BCUT2D eigenvalue weighted by Crippen LogP contribution is -2.12. The van der Waals surface area contributed by atoms with Crippen molar-refractivity contribution in [3.8, 4) is 0 Å². The quantitative estimate of drug-likeness (QED) is 0.823. The molecule has 1 heterocycles. The Balaban J connectivity index is 3.16. The number of rotatable bonds is 2. The predicted molar refractivity (Wildman–Crippen MR) is 53.1 cm³/mol. The van der Waals surface area contributed by atoms with E-state index in [0.29, 0.717) is 0 Å². The van der Waals surface area contributed by atoms with Crippen LogP contribution in [0.4, 0.5) is 18.9 Å². The lowest BCUT2D eigenvalue weighted by Gasteiger charge is -2.10. The van der Waals surface area contributed by atoms with Crippen LogP contribution in [-0.4, -0.2) is 10.9 Å². The van der Waals surface area contributed by atoms with E-state index in [1.54, 1.807) is 0 Å². The molecule has 16 heavy (non-hydrogen) atoms. The fourth-order valence-electron chi connectivity index (χ4n) is 1.08. The number of nitrogens with one attached hydrogen (secondary N) is 1. The summed E-state index contributed by atoms with van der Waals surface area (Å²) in [5.41, 5.74) is -0.986. The Labute approximate surface area is 94.6 Å². The van der Waals surface area contributed by atoms with Crippen LogP contribution in [0.3, 0.4) is 0 Å². The van der Waals surface area contributed by atoms with E-state index in [-0.39, 0.29) is 17.3 Å². The molecule has 0 atom stereocenters. The highest BCUT2D eigenvalue weighted by Gasteiger charge is 2.33. The van der Waals surface area contributed by atoms with E-state index < -0.39 is 17.8 Å². The van der Waals surface area contributed by atoms with E-state index in [1.165, 1.54) is 13.0 Å². The number of halogens is 4. The van der Waals surface area contributed by atoms with Crippen molar-refractivity contribution in [3.63, 3.8) is 0 Å². The van der Waals surface area contributed by atoms with Crippen molar-refractivity contribution >= 4 is 23.2 Å². The second kappa shape index (κ2) is 4.69. The summed E-state index contributed by atoms with van der Waals surface area (Å²) in [4.78, 5) is 14.1. The number of amides is 1. The van der Waals surface area contributed by atoms with Crippen molar-refractivity contribution in [1.29, 1.82) is 0 Å². The molecule has 0 fully saturated rings. The zero-order chi connectivity index (χ0) is 12.3. The molecule has 0 saturated heterocycles. The second-order valence-electron chi connectivity index (χ2n) is 3.04. The van der Waals surface area contributed by atoms with Crippen LogP contribution in [0.2, 0.25) is 0 Å². The maximum absolute atomic E-state index is 12.4. The molecule has 3 nitrogen and oxygen atoms in total. The maximum Gasteiger partial charge on any atom is 0.433 e. The molecule has 0 aliphatic rings. The molecule has 1 N–H and O–H groups in total. The van der Waals surface area contributed by atoms with E-state index in [0.717, 1.165) is 6.07 Å². The van der Waals surface area contributed by atoms with Gasteiger partial charge >= 0.3 is 6.18 Å². The van der Waals surface area contributed by atoms with Crippen molar-refractivity contribution in [1.82, 2.24) is 4.98 Å². The molecule has 0 saturated carbocycles. The van der Waals surface area contributed by atoms with E-state index in [4.69, 9.17) is 11.6 Å². The fraction of sp³-hybridized carbons (Fsp3) is 0.333. The van der Waals surface area contributed by atoms with E-state index in [2.05, 4.69) is 10.3 Å². The van der Waals surface area contributed by atoms with Gasteiger partial charge in [0.05, 0.1) is 11.6 Å². The normalized spacial score (nSPS) is 11.3. The third-order valence-electron chi connectivity index (χ3n) is 1.63. The smallest absolute Gasteiger partial charge is 0.326 e. The van der Waals surface area contributed by atoms with Crippen LogP contribution in [-0.2, 0) is 16.9 Å². The number of hydrogen-bond donors (Lipinski definition) is 1. The molecule has 0 aromatic carbocycles. The molecule has 0 spiro atoms. The SMILES string of the molecule is CC(=O)Nc1cc(CCl)nc(C(F)(F)F)c1. The molecule has 7 heteroatoms. The summed E-state index contributed by atoms with van der Waals surface area (Å²) in [5, 5.41) is 2.25. The summed E-state index contributed by atoms with van der Waals surface area (Å²) < 4.78 is 37.2. The average Bonchev–Trinajstić information content (AvgIpc) is 2.14. The molecule has 0 aliphatic heterocycles. The third kappa shape index (κ3) is 3.37. The number of pyridine rings is 1. The van der Waals surface area contributed by atoms with Gasteiger partial charge in [-0.3, -0.25) is 4.79 Å². The number of nitrogens with zero attached hydrogens (tertiary/aromatic N) is 1. The first kappa shape index (κ1) is 12.8. The second-order valence-corrected chi connectivity index (χ2v) is 3.31. The molecule has 0 bridgehead atoms. The van der Waals surface area contributed by atoms with Crippen molar-refractivity contribution in [2.75, 3.05) is 5.32 Å². The first-order chi connectivity index (χ1) is 7.32. The first-order valence-electron chi connectivity index (χ1n) is 4.24. The van der Waals surface area contributed by atoms with Crippen molar-refractivity contribution in [2.24, 2.45) is 0 Å². The zero-order valence-electron chi connectivity index (χ0n) is 8.23. The molecule has 1 rings (SSSR count). The fourth-order valence-corrected chi connectivity index (χ4v) is 1.21. The van der Waals surface area contributed by atoms with Crippen molar-refractivity contribution in [2.45, 2.75) is 19.0 Å². The van der Waals surface area contributed by atoms with Gasteiger partial charge in [0, 0.05) is 12.6 Å². The van der Waals surface area contributed by atoms with Gasteiger partial charge in [0.25, 0.3) is 0 Å². The summed E-state index contributed by atoms with van der Waals surface area (Å²) in [5.74, 6) is -0.615. The van der Waals surface area contributed by atoms with Gasteiger partial charge in [0.15, 0.2) is 0 Å². The summed E-state index contributed by atoms with van der Waals surface area (Å²) >= 11 is 5.41. The first-order valence-corrected chi connectivity index (χ1v) is 4.78. The Kier molecular flexibility index (Phi) is 3.74. The van der Waals surface area contributed by atoms with Gasteiger partial charge in [-0.1, -0.05) is 0 Å². The molecule has 0 unspecified atom stereocenters. The van der Waals surface area contributed by atoms with Crippen LogP contribution in [0.5, 0.6) is 0 Å². The van der Waals surface area contributed by atoms with Crippen LogP contribution in [0.15, 0.2) is 12.1 Å². The van der Waals surface area contributed by atoms with Crippen LogP contribution in [0.25, 0.3) is 0 Å². The highest BCUT2D eigenvalue weighted by Crippen LogP contribution is 2.30. The van der Waals surface area contributed by atoms with Gasteiger partial charge in [-0.15, -0.1) is 11.6 Å². The van der Waals surface area contributed by atoms with Crippen molar-refractivity contribution < 1.29 is 18.0 Å². The Bertz CT molecular complexity index is 406. The van der Waals surface area contributed by atoms with Gasteiger partial charge in [-0.05, 0) is 12.1 Å². The molecule has 1 aromatic rings. The number of hydrogen-bond acceptors (Lipinski definition) is 2. The highest BCUT2D eigenvalue weighted by molar-refractivity contribution is 6.16. The number of aromatic nitrogens is 1. The third-order valence-corrected chi connectivity index (χ3v) is 1.90. The van der Waals surface area contributed by atoms with E-state index >= 15 is 0 Å².